The number of sulfone groups is 1. The molecule has 1 fully saturated rings. The number of nitrogens with zero attached hydrogens (tertiary/aromatic N) is 4. The number of piperidine rings is 1. The van der Waals surface area contributed by atoms with Crippen molar-refractivity contribution in [3.05, 3.63) is 42.0 Å². The van der Waals surface area contributed by atoms with Gasteiger partial charge in [-0.15, -0.1) is 10.2 Å². The van der Waals surface area contributed by atoms with Crippen molar-refractivity contribution in [1.82, 2.24) is 19.7 Å². The van der Waals surface area contributed by atoms with E-state index in [2.05, 4.69) is 15.1 Å². The second-order valence-corrected chi connectivity index (χ2v) is 11.3. The average molecular weight is 501 g/mol. The number of benzene rings is 2. The first-order chi connectivity index (χ1) is 16.7. The monoisotopic (exact) mass is 500 g/mol. The normalized spacial score (nSPS) is 15.1. The number of aromatic nitrogens is 3. The Labute approximate surface area is 205 Å². The molecule has 3 aromatic rings. The third kappa shape index (κ3) is 5.43. The molecule has 1 aromatic heterocycles. The largest absolute Gasteiger partial charge is 0.508 e. The predicted molar refractivity (Wildman–Crippen MR) is 133 cm³/mol. The van der Waals surface area contributed by atoms with E-state index in [1.54, 1.807) is 18.2 Å². The number of likely N-dealkylation sites (tertiary alicyclic amines) is 1. The first kappa shape index (κ1) is 25.0. The lowest BCUT2D eigenvalue weighted by Crippen LogP contribution is -2.31. The van der Waals surface area contributed by atoms with Crippen LogP contribution in [-0.2, 0) is 9.84 Å². The van der Waals surface area contributed by atoms with E-state index in [4.69, 9.17) is 0 Å². The highest BCUT2D eigenvalue weighted by Gasteiger charge is 2.28. The number of hydrogen-bond acceptors (Lipinski definition) is 8. The molecule has 1 aliphatic rings. The van der Waals surface area contributed by atoms with Crippen LogP contribution >= 0.6 is 0 Å². The molecule has 35 heavy (non-hydrogen) atoms. The minimum Gasteiger partial charge on any atom is -0.508 e. The number of aromatic hydroxyl groups is 3. The van der Waals surface area contributed by atoms with Crippen molar-refractivity contribution in [2.45, 2.75) is 50.6 Å². The summed E-state index contributed by atoms with van der Waals surface area (Å²) in [5.41, 5.74) is 1.27. The van der Waals surface area contributed by atoms with Crippen LogP contribution in [0, 0.1) is 0 Å². The molecule has 0 aliphatic carbocycles. The number of hydrogen-bond donors (Lipinski definition) is 3. The Morgan fingerprint density at radius 3 is 2.29 bits per heavy atom. The lowest BCUT2D eigenvalue weighted by Gasteiger charge is -2.26. The standard InChI is InChI=1S/C25H32N4O5S/c1-17(2)20-15-21(23(32)16-22(20)31)24-26-27-25(29(24)18-7-9-19(30)10-8-18)35(33,34)14-6-13-28-11-4-3-5-12-28/h7-10,15-17,30-32H,3-6,11-14H2,1-2H3. The van der Waals surface area contributed by atoms with Crippen LogP contribution in [0.25, 0.3) is 17.1 Å². The van der Waals surface area contributed by atoms with Crippen molar-refractivity contribution < 1.29 is 23.7 Å². The molecule has 9 nitrogen and oxygen atoms in total. The SMILES string of the molecule is CC(C)c1cc(-c2nnc(S(=O)(=O)CCCN3CCCCC3)n2-c2ccc(O)cc2)c(O)cc1O. The summed E-state index contributed by atoms with van der Waals surface area (Å²) >= 11 is 0. The molecule has 2 aromatic carbocycles. The lowest BCUT2D eigenvalue weighted by atomic mass is 9.98. The summed E-state index contributed by atoms with van der Waals surface area (Å²) < 4.78 is 28.2. The second-order valence-electron chi connectivity index (χ2n) is 9.32. The highest BCUT2D eigenvalue weighted by molar-refractivity contribution is 7.91. The van der Waals surface area contributed by atoms with E-state index in [0.29, 0.717) is 24.2 Å². The Bertz CT molecular complexity index is 1280. The molecule has 0 bridgehead atoms. The first-order valence-corrected chi connectivity index (χ1v) is 13.6. The third-order valence-corrected chi connectivity index (χ3v) is 8.01. The maximum Gasteiger partial charge on any atom is 0.254 e. The molecular weight excluding hydrogens is 468 g/mol. The van der Waals surface area contributed by atoms with Crippen LogP contribution < -0.4 is 0 Å². The molecule has 0 amide bonds. The van der Waals surface area contributed by atoms with Crippen LogP contribution in [-0.4, -0.2) is 68.8 Å². The summed E-state index contributed by atoms with van der Waals surface area (Å²) in [6.07, 6.45) is 3.97. The summed E-state index contributed by atoms with van der Waals surface area (Å²) in [5.74, 6) is -0.264. The highest BCUT2D eigenvalue weighted by atomic mass is 32.2. The van der Waals surface area contributed by atoms with Crippen molar-refractivity contribution in [3.8, 4) is 34.3 Å². The smallest absolute Gasteiger partial charge is 0.254 e. The zero-order valence-corrected chi connectivity index (χ0v) is 20.9. The van der Waals surface area contributed by atoms with Crippen molar-refractivity contribution in [2.75, 3.05) is 25.4 Å². The minimum atomic E-state index is -3.82. The quantitative estimate of drug-likeness (QED) is 0.426. The molecule has 10 heteroatoms. The van der Waals surface area contributed by atoms with Crippen LogP contribution in [0.1, 0.15) is 51.0 Å². The summed E-state index contributed by atoms with van der Waals surface area (Å²) in [5, 5.41) is 38.6. The van der Waals surface area contributed by atoms with Crippen molar-refractivity contribution in [2.24, 2.45) is 0 Å². The van der Waals surface area contributed by atoms with Gasteiger partial charge in [-0.1, -0.05) is 20.3 Å². The molecule has 0 spiro atoms. The Morgan fingerprint density at radius 1 is 0.943 bits per heavy atom. The zero-order valence-electron chi connectivity index (χ0n) is 20.1. The van der Waals surface area contributed by atoms with Gasteiger partial charge in [0.15, 0.2) is 5.82 Å². The molecule has 0 radical (unpaired) electrons. The van der Waals surface area contributed by atoms with Gasteiger partial charge in [0.2, 0.25) is 9.84 Å². The van der Waals surface area contributed by atoms with Crippen molar-refractivity contribution in [3.63, 3.8) is 0 Å². The Balaban J connectivity index is 1.75. The second kappa shape index (κ2) is 10.2. The summed E-state index contributed by atoms with van der Waals surface area (Å²) in [6, 6.07) is 8.85. The number of rotatable bonds is 8. The maximum absolute atomic E-state index is 13.4. The van der Waals surface area contributed by atoms with E-state index in [1.165, 1.54) is 29.2 Å². The van der Waals surface area contributed by atoms with Gasteiger partial charge >= 0.3 is 0 Å². The molecule has 188 valence electrons. The van der Waals surface area contributed by atoms with Crippen LogP contribution in [0.4, 0.5) is 0 Å². The molecule has 0 atom stereocenters. The molecule has 3 N–H and O–H groups in total. The van der Waals surface area contributed by atoms with Gasteiger partial charge in [0.1, 0.15) is 17.2 Å². The number of phenolic OH excluding ortho intramolecular Hbond substituents is 3. The van der Waals surface area contributed by atoms with Gasteiger partial charge in [-0.25, -0.2) is 8.42 Å². The maximum atomic E-state index is 13.4. The van der Waals surface area contributed by atoms with E-state index in [0.717, 1.165) is 25.9 Å². The van der Waals surface area contributed by atoms with E-state index in [1.807, 2.05) is 13.8 Å². The third-order valence-electron chi connectivity index (χ3n) is 6.36. The Hall–Kier alpha value is -3.11. The average Bonchev–Trinajstić information content (AvgIpc) is 3.26. The van der Waals surface area contributed by atoms with Gasteiger partial charge in [-0.2, -0.15) is 0 Å². The lowest BCUT2D eigenvalue weighted by molar-refractivity contribution is 0.229. The van der Waals surface area contributed by atoms with Gasteiger partial charge in [-0.05, 0) is 80.7 Å². The molecule has 4 rings (SSSR count). The van der Waals surface area contributed by atoms with Crippen LogP contribution in [0.5, 0.6) is 17.2 Å². The van der Waals surface area contributed by atoms with E-state index in [-0.39, 0.29) is 45.5 Å². The van der Waals surface area contributed by atoms with Crippen molar-refractivity contribution >= 4 is 9.84 Å². The van der Waals surface area contributed by atoms with Gasteiger partial charge in [0, 0.05) is 6.07 Å². The van der Waals surface area contributed by atoms with Gasteiger partial charge < -0.3 is 20.2 Å². The molecule has 1 aliphatic heterocycles. The number of phenols is 3. The molecule has 2 heterocycles. The molecule has 1 saturated heterocycles. The Morgan fingerprint density at radius 2 is 1.63 bits per heavy atom. The van der Waals surface area contributed by atoms with E-state index in [9.17, 15) is 23.7 Å². The molecule has 0 unspecified atom stereocenters. The minimum absolute atomic E-state index is 0.0314. The Kier molecular flexibility index (Phi) is 7.32. The first-order valence-electron chi connectivity index (χ1n) is 11.9. The summed E-state index contributed by atoms with van der Waals surface area (Å²) in [7, 11) is -3.82. The summed E-state index contributed by atoms with van der Waals surface area (Å²) in [4.78, 5) is 2.29. The van der Waals surface area contributed by atoms with Gasteiger partial charge in [-0.3, -0.25) is 4.57 Å². The van der Waals surface area contributed by atoms with E-state index >= 15 is 0 Å². The fraction of sp³-hybridized carbons (Fsp3) is 0.440. The molecule has 0 saturated carbocycles. The van der Waals surface area contributed by atoms with Crippen LogP contribution in [0.3, 0.4) is 0 Å². The zero-order chi connectivity index (χ0) is 25.2. The van der Waals surface area contributed by atoms with E-state index < -0.39 is 9.84 Å². The van der Waals surface area contributed by atoms with Crippen molar-refractivity contribution in [1.29, 1.82) is 0 Å². The fourth-order valence-electron chi connectivity index (χ4n) is 4.47. The molecular formula is C25H32N4O5S. The summed E-state index contributed by atoms with van der Waals surface area (Å²) in [6.45, 7) is 6.49. The van der Waals surface area contributed by atoms with Gasteiger partial charge in [0.25, 0.3) is 5.16 Å². The topological polar surface area (TPSA) is 129 Å². The highest BCUT2D eigenvalue weighted by Crippen LogP contribution is 2.38. The van der Waals surface area contributed by atoms with Gasteiger partial charge in [0.05, 0.1) is 17.0 Å². The fourth-order valence-corrected chi connectivity index (χ4v) is 5.80. The van der Waals surface area contributed by atoms with Crippen LogP contribution in [0.15, 0.2) is 41.6 Å². The van der Waals surface area contributed by atoms with Crippen LogP contribution in [0.2, 0.25) is 0 Å². The predicted octanol–water partition coefficient (Wildman–Crippen LogP) is 3.82.